The van der Waals surface area contributed by atoms with E-state index < -0.39 is 5.60 Å². The van der Waals surface area contributed by atoms with Crippen LogP contribution in [0.5, 0.6) is 5.75 Å². The Hall–Kier alpha value is -1.46. The summed E-state index contributed by atoms with van der Waals surface area (Å²) in [6.07, 6.45) is 1.41. The molecular weight excluding hydrogens is 292 g/mol. The predicted molar refractivity (Wildman–Crippen MR) is 81.8 cm³/mol. The average Bonchev–Trinajstić information content (AvgIpc) is 2.90. The molecule has 0 unspecified atom stereocenters. The summed E-state index contributed by atoms with van der Waals surface area (Å²) < 4.78 is 5.58. The van der Waals surface area contributed by atoms with E-state index in [0.29, 0.717) is 24.6 Å². The van der Waals surface area contributed by atoms with Crippen LogP contribution in [0.15, 0.2) is 12.1 Å². The standard InChI is InChI=1S/C15H21ClN2O3/c1-3-15(2,20)9-18-14(19)17-8-11-7-12(16)6-10-4-5-21-13(10)11/h6-7,20H,3-5,8-9H2,1-2H3,(H2,17,18,19)/t15-/m0/s1. The van der Waals surface area contributed by atoms with Crippen LogP contribution >= 0.6 is 11.6 Å². The highest BCUT2D eigenvalue weighted by Gasteiger charge is 2.20. The topological polar surface area (TPSA) is 70.6 Å². The van der Waals surface area contributed by atoms with Crippen molar-refractivity contribution < 1.29 is 14.6 Å². The summed E-state index contributed by atoms with van der Waals surface area (Å²) in [7, 11) is 0. The lowest BCUT2D eigenvalue weighted by Gasteiger charge is -2.21. The second-order valence-corrected chi connectivity index (χ2v) is 5.97. The molecule has 0 saturated heterocycles. The maximum absolute atomic E-state index is 11.8. The zero-order valence-corrected chi connectivity index (χ0v) is 13.1. The van der Waals surface area contributed by atoms with Crippen molar-refractivity contribution in [3.8, 4) is 5.75 Å². The Balaban J connectivity index is 1.90. The average molecular weight is 313 g/mol. The molecule has 0 bridgehead atoms. The van der Waals surface area contributed by atoms with E-state index in [4.69, 9.17) is 16.3 Å². The Kier molecular flexibility index (Phi) is 4.96. The van der Waals surface area contributed by atoms with E-state index >= 15 is 0 Å². The van der Waals surface area contributed by atoms with E-state index in [0.717, 1.165) is 23.3 Å². The number of rotatable bonds is 5. The van der Waals surface area contributed by atoms with Crippen LogP contribution < -0.4 is 15.4 Å². The van der Waals surface area contributed by atoms with Crippen molar-refractivity contribution in [2.24, 2.45) is 0 Å². The monoisotopic (exact) mass is 312 g/mol. The Labute approximate surface area is 129 Å². The number of benzene rings is 1. The molecular formula is C15H21ClN2O3. The second-order valence-electron chi connectivity index (χ2n) is 5.54. The number of hydrogen-bond acceptors (Lipinski definition) is 3. The first kappa shape index (κ1) is 15.9. The van der Waals surface area contributed by atoms with E-state index in [9.17, 15) is 9.90 Å². The van der Waals surface area contributed by atoms with Crippen LogP contribution in [-0.4, -0.2) is 29.9 Å². The van der Waals surface area contributed by atoms with Gasteiger partial charge in [-0.15, -0.1) is 0 Å². The van der Waals surface area contributed by atoms with Gasteiger partial charge in [0.15, 0.2) is 0 Å². The van der Waals surface area contributed by atoms with E-state index in [1.807, 2.05) is 13.0 Å². The fourth-order valence-electron chi connectivity index (χ4n) is 2.11. The molecule has 0 aromatic heterocycles. The van der Waals surface area contributed by atoms with Crippen molar-refractivity contribution in [1.29, 1.82) is 0 Å². The molecule has 0 spiro atoms. The van der Waals surface area contributed by atoms with Crippen LogP contribution in [0, 0.1) is 0 Å². The van der Waals surface area contributed by atoms with Crippen molar-refractivity contribution in [2.75, 3.05) is 13.2 Å². The second kappa shape index (κ2) is 6.54. The Bertz CT molecular complexity index is 532. The summed E-state index contributed by atoms with van der Waals surface area (Å²) in [6, 6.07) is 3.37. The first-order chi connectivity index (χ1) is 9.91. The van der Waals surface area contributed by atoms with Gasteiger partial charge in [-0.05, 0) is 31.0 Å². The maximum atomic E-state index is 11.8. The minimum absolute atomic E-state index is 0.208. The molecule has 1 heterocycles. The van der Waals surface area contributed by atoms with Crippen molar-refractivity contribution in [3.63, 3.8) is 0 Å². The van der Waals surface area contributed by atoms with Crippen molar-refractivity contribution >= 4 is 17.6 Å². The first-order valence-corrected chi connectivity index (χ1v) is 7.47. The number of carbonyl (C=O) groups is 1. The lowest BCUT2D eigenvalue weighted by Crippen LogP contribution is -2.44. The predicted octanol–water partition coefficient (Wildman–Crippen LogP) is 2.24. The Morgan fingerprint density at radius 2 is 2.24 bits per heavy atom. The SMILES string of the molecule is CC[C@](C)(O)CNC(=O)NCc1cc(Cl)cc2c1OCC2. The third kappa shape index (κ3) is 4.25. The largest absolute Gasteiger partial charge is 0.493 e. The number of ether oxygens (including phenoxy) is 1. The van der Waals surface area contributed by atoms with Crippen LogP contribution in [0.4, 0.5) is 4.79 Å². The molecule has 21 heavy (non-hydrogen) atoms. The summed E-state index contributed by atoms with van der Waals surface area (Å²) in [4.78, 5) is 11.8. The molecule has 1 aromatic carbocycles. The fourth-order valence-corrected chi connectivity index (χ4v) is 2.37. The molecule has 0 aliphatic carbocycles. The summed E-state index contributed by atoms with van der Waals surface area (Å²) in [6.45, 7) is 4.74. The molecule has 0 saturated carbocycles. The third-order valence-corrected chi connectivity index (χ3v) is 3.87. The normalized spacial score (nSPS) is 15.8. The number of amides is 2. The summed E-state index contributed by atoms with van der Waals surface area (Å²) in [5, 5.41) is 15.9. The molecule has 1 atom stereocenters. The van der Waals surface area contributed by atoms with E-state index in [1.165, 1.54) is 0 Å². The highest BCUT2D eigenvalue weighted by atomic mass is 35.5. The van der Waals surface area contributed by atoms with Crippen LogP contribution in [0.1, 0.15) is 31.4 Å². The molecule has 6 heteroatoms. The molecule has 1 aliphatic heterocycles. The quantitative estimate of drug-likeness (QED) is 0.781. The van der Waals surface area contributed by atoms with Gasteiger partial charge in [0, 0.05) is 30.1 Å². The minimum atomic E-state index is -0.891. The molecule has 2 rings (SSSR count). The van der Waals surface area contributed by atoms with Crippen molar-refractivity contribution in [2.45, 2.75) is 38.8 Å². The number of halogens is 1. The zero-order chi connectivity index (χ0) is 15.5. The Morgan fingerprint density at radius 1 is 1.48 bits per heavy atom. The van der Waals surface area contributed by atoms with Crippen LogP contribution in [-0.2, 0) is 13.0 Å². The lowest BCUT2D eigenvalue weighted by molar-refractivity contribution is 0.0581. The molecule has 116 valence electrons. The maximum Gasteiger partial charge on any atom is 0.315 e. The number of aliphatic hydroxyl groups is 1. The minimum Gasteiger partial charge on any atom is -0.493 e. The molecule has 5 nitrogen and oxygen atoms in total. The summed E-state index contributed by atoms with van der Waals surface area (Å²) in [5.41, 5.74) is 1.05. The van der Waals surface area contributed by atoms with E-state index in [2.05, 4.69) is 10.6 Å². The van der Waals surface area contributed by atoms with Crippen molar-refractivity contribution in [3.05, 3.63) is 28.3 Å². The van der Waals surface area contributed by atoms with Crippen LogP contribution in [0.3, 0.4) is 0 Å². The smallest absolute Gasteiger partial charge is 0.315 e. The fraction of sp³-hybridized carbons (Fsp3) is 0.533. The van der Waals surface area contributed by atoms with Gasteiger partial charge >= 0.3 is 6.03 Å². The number of urea groups is 1. The highest BCUT2D eigenvalue weighted by Crippen LogP contribution is 2.32. The Morgan fingerprint density at radius 3 is 2.95 bits per heavy atom. The zero-order valence-electron chi connectivity index (χ0n) is 12.3. The summed E-state index contributed by atoms with van der Waals surface area (Å²) in [5.74, 6) is 0.820. The molecule has 0 radical (unpaired) electrons. The van der Waals surface area contributed by atoms with Gasteiger partial charge in [0.2, 0.25) is 0 Å². The number of nitrogens with one attached hydrogen (secondary N) is 2. The molecule has 1 aliphatic rings. The highest BCUT2D eigenvalue weighted by molar-refractivity contribution is 6.30. The number of fused-ring (bicyclic) bond motifs is 1. The number of hydrogen-bond donors (Lipinski definition) is 3. The first-order valence-electron chi connectivity index (χ1n) is 7.09. The molecule has 2 amide bonds. The number of carbonyl (C=O) groups excluding carboxylic acids is 1. The van der Waals surface area contributed by atoms with Gasteiger partial charge in [0.05, 0.1) is 12.2 Å². The molecule has 0 fully saturated rings. The van der Waals surface area contributed by atoms with Crippen molar-refractivity contribution in [1.82, 2.24) is 10.6 Å². The van der Waals surface area contributed by atoms with E-state index in [1.54, 1.807) is 13.0 Å². The van der Waals surface area contributed by atoms with E-state index in [-0.39, 0.29) is 12.6 Å². The van der Waals surface area contributed by atoms with Gasteiger partial charge in [-0.2, -0.15) is 0 Å². The molecule has 1 aromatic rings. The van der Waals surface area contributed by atoms with Gasteiger partial charge in [-0.1, -0.05) is 18.5 Å². The van der Waals surface area contributed by atoms with Gasteiger partial charge in [-0.25, -0.2) is 4.79 Å². The van der Waals surface area contributed by atoms with Gasteiger partial charge < -0.3 is 20.5 Å². The van der Waals surface area contributed by atoms with Gasteiger partial charge in [-0.3, -0.25) is 0 Å². The van der Waals surface area contributed by atoms with Gasteiger partial charge in [0.25, 0.3) is 0 Å². The lowest BCUT2D eigenvalue weighted by atomic mass is 10.0. The summed E-state index contributed by atoms with van der Waals surface area (Å²) >= 11 is 6.07. The molecule has 3 N–H and O–H groups in total. The van der Waals surface area contributed by atoms with Crippen LogP contribution in [0.2, 0.25) is 5.02 Å². The van der Waals surface area contributed by atoms with Crippen LogP contribution in [0.25, 0.3) is 0 Å². The van der Waals surface area contributed by atoms with Gasteiger partial charge in [0.1, 0.15) is 5.75 Å². The third-order valence-electron chi connectivity index (χ3n) is 3.66.